The number of nitrogens with one attached hydrogen (secondary N) is 1. The van der Waals surface area contributed by atoms with E-state index >= 15 is 0 Å². The largest absolute Gasteiger partial charge is 0.263 e. The summed E-state index contributed by atoms with van der Waals surface area (Å²) >= 11 is 0. The molecule has 76 valence electrons. The van der Waals surface area contributed by atoms with Crippen LogP contribution in [0.4, 0.5) is 0 Å². The second-order valence-corrected chi connectivity index (χ2v) is 4.77. The molecule has 1 aromatic heterocycles. The molecule has 14 heavy (non-hydrogen) atoms. The molecule has 0 spiro atoms. The van der Waals surface area contributed by atoms with Gasteiger partial charge in [0.2, 0.25) is 0 Å². The van der Waals surface area contributed by atoms with Crippen molar-refractivity contribution in [1.82, 2.24) is 15.2 Å². The molecule has 3 heteroatoms. The molecule has 0 bridgehead atoms. The Balaban J connectivity index is 1.64. The first-order valence-corrected chi connectivity index (χ1v) is 5.83. The first kappa shape index (κ1) is 8.45. The van der Waals surface area contributed by atoms with Gasteiger partial charge in [0.15, 0.2) is 5.82 Å². The molecule has 1 aromatic rings. The Bertz CT molecular complexity index is 308. The molecule has 2 aliphatic carbocycles. The highest BCUT2D eigenvalue weighted by Gasteiger charge is 2.28. The Kier molecular flexibility index (Phi) is 2.03. The topological polar surface area (TPSA) is 41.6 Å². The van der Waals surface area contributed by atoms with Crippen LogP contribution in [0.2, 0.25) is 0 Å². The maximum absolute atomic E-state index is 4.57. The van der Waals surface area contributed by atoms with Crippen molar-refractivity contribution in [1.29, 1.82) is 0 Å². The lowest BCUT2D eigenvalue weighted by molar-refractivity contribution is 0.531. The highest BCUT2D eigenvalue weighted by atomic mass is 15.2. The molecule has 0 unspecified atom stereocenters. The van der Waals surface area contributed by atoms with Gasteiger partial charge in [0.05, 0.1) is 0 Å². The van der Waals surface area contributed by atoms with E-state index in [9.17, 15) is 0 Å². The van der Waals surface area contributed by atoms with Crippen LogP contribution in [0.5, 0.6) is 0 Å². The summed E-state index contributed by atoms with van der Waals surface area (Å²) in [4.78, 5) is 4.57. The van der Waals surface area contributed by atoms with E-state index < -0.39 is 0 Å². The Labute approximate surface area is 84.3 Å². The predicted octanol–water partition coefficient (Wildman–Crippen LogP) is 2.41. The fourth-order valence-corrected chi connectivity index (χ4v) is 2.41. The highest BCUT2D eigenvalue weighted by molar-refractivity contribution is 5.05. The van der Waals surface area contributed by atoms with Gasteiger partial charge < -0.3 is 0 Å². The standard InChI is InChI=1S/C11H17N3/c1-2-4-8(3-1)7-10-12-11(14-13-10)9-5-6-9/h8-9H,1-7H2,(H,12,13,14). The van der Waals surface area contributed by atoms with E-state index in [-0.39, 0.29) is 0 Å². The van der Waals surface area contributed by atoms with E-state index in [2.05, 4.69) is 15.2 Å². The lowest BCUT2D eigenvalue weighted by Crippen LogP contribution is -2.00. The normalized spacial score (nSPS) is 23.1. The minimum absolute atomic E-state index is 0.684. The average Bonchev–Trinajstić information content (AvgIpc) is 2.75. The maximum atomic E-state index is 4.57. The van der Waals surface area contributed by atoms with Gasteiger partial charge in [0, 0.05) is 12.3 Å². The summed E-state index contributed by atoms with van der Waals surface area (Å²) in [6.07, 6.45) is 9.31. The molecule has 0 aliphatic heterocycles. The summed E-state index contributed by atoms with van der Waals surface area (Å²) in [5.41, 5.74) is 0. The van der Waals surface area contributed by atoms with Crippen molar-refractivity contribution in [3.8, 4) is 0 Å². The van der Waals surface area contributed by atoms with Gasteiger partial charge in [-0.15, -0.1) is 0 Å². The summed E-state index contributed by atoms with van der Waals surface area (Å²) in [7, 11) is 0. The summed E-state index contributed by atoms with van der Waals surface area (Å²) in [6, 6.07) is 0. The number of aromatic nitrogens is 3. The van der Waals surface area contributed by atoms with Gasteiger partial charge in [-0.3, -0.25) is 5.10 Å². The minimum atomic E-state index is 0.684. The summed E-state index contributed by atoms with van der Waals surface area (Å²) < 4.78 is 0. The van der Waals surface area contributed by atoms with Crippen molar-refractivity contribution in [3.05, 3.63) is 11.6 Å². The lowest BCUT2D eigenvalue weighted by atomic mass is 10.0. The first-order valence-electron chi connectivity index (χ1n) is 5.83. The van der Waals surface area contributed by atoms with Crippen LogP contribution in [-0.4, -0.2) is 15.2 Å². The van der Waals surface area contributed by atoms with Gasteiger partial charge in [-0.1, -0.05) is 25.7 Å². The van der Waals surface area contributed by atoms with Crippen molar-refractivity contribution < 1.29 is 0 Å². The molecule has 2 aliphatic rings. The molecule has 2 fully saturated rings. The molecule has 3 nitrogen and oxygen atoms in total. The second kappa shape index (κ2) is 3.37. The van der Waals surface area contributed by atoms with Crippen LogP contribution in [0, 0.1) is 5.92 Å². The Morgan fingerprint density at radius 3 is 2.64 bits per heavy atom. The fourth-order valence-electron chi connectivity index (χ4n) is 2.41. The van der Waals surface area contributed by atoms with E-state index in [0.717, 1.165) is 24.0 Å². The van der Waals surface area contributed by atoms with Crippen LogP contribution in [0.3, 0.4) is 0 Å². The number of aromatic amines is 1. The molecular formula is C11H17N3. The third kappa shape index (κ3) is 1.68. The van der Waals surface area contributed by atoms with E-state index in [0.29, 0.717) is 5.92 Å². The monoisotopic (exact) mass is 191 g/mol. The Morgan fingerprint density at radius 2 is 1.93 bits per heavy atom. The van der Waals surface area contributed by atoms with E-state index in [1.54, 1.807) is 0 Å². The molecule has 2 saturated carbocycles. The van der Waals surface area contributed by atoms with Crippen molar-refractivity contribution in [2.24, 2.45) is 5.92 Å². The quantitative estimate of drug-likeness (QED) is 0.797. The zero-order chi connectivity index (χ0) is 9.38. The summed E-state index contributed by atoms with van der Waals surface area (Å²) in [5.74, 6) is 3.75. The number of H-pyrrole nitrogens is 1. The maximum Gasteiger partial charge on any atom is 0.153 e. The van der Waals surface area contributed by atoms with Crippen LogP contribution in [0.15, 0.2) is 0 Å². The number of rotatable bonds is 3. The molecule has 0 radical (unpaired) electrons. The molecular weight excluding hydrogens is 174 g/mol. The van der Waals surface area contributed by atoms with E-state index in [1.165, 1.54) is 38.5 Å². The summed E-state index contributed by atoms with van der Waals surface area (Å²) in [5, 5.41) is 7.38. The molecule has 1 N–H and O–H groups in total. The van der Waals surface area contributed by atoms with Gasteiger partial charge >= 0.3 is 0 Å². The van der Waals surface area contributed by atoms with Crippen molar-refractivity contribution >= 4 is 0 Å². The molecule has 0 atom stereocenters. The van der Waals surface area contributed by atoms with Crippen LogP contribution in [-0.2, 0) is 6.42 Å². The third-order valence-corrected chi connectivity index (χ3v) is 3.45. The van der Waals surface area contributed by atoms with Crippen molar-refractivity contribution in [2.45, 2.75) is 50.9 Å². The third-order valence-electron chi connectivity index (χ3n) is 3.45. The first-order chi connectivity index (χ1) is 6.92. The second-order valence-electron chi connectivity index (χ2n) is 4.77. The number of nitrogens with zero attached hydrogens (tertiary/aromatic N) is 2. The van der Waals surface area contributed by atoms with E-state index in [4.69, 9.17) is 0 Å². The average molecular weight is 191 g/mol. The zero-order valence-electron chi connectivity index (χ0n) is 8.50. The smallest absolute Gasteiger partial charge is 0.153 e. The highest BCUT2D eigenvalue weighted by Crippen LogP contribution is 2.38. The van der Waals surface area contributed by atoms with Gasteiger partial charge in [-0.05, 0) is 18.8 Å². The fraction of sp³-hybridized carbons (Fsp3) is 0.818. The lowest BCUT2D eigenvalue weighted by Gasteiger charge is -2.03. The van der Waals surface area contributed by atoms with Crippen molar-refractivity contribution in [2.75, 3.05) is 0 Å². The van der Waals surface area contributed by atoms with Gasteiger partial charge in [-0.2, -0.15) is 5.10 Å². The van der Waals surface area contributed by atoms with Crippen LogP contribution in [0.25, 0.3) is 0 Å². The Hall–Kier alpha value is -0.860. The molecule has 3 rings (SSSR count). The summed E-state index contributed by atoms with van der Waals surface area (Å²) in [6.45, 7) is 0. The SMILES string of the molecule is C1CCC(Cc2nc(C3CC3)n[nH]2)C1. The van der Waals surface area contributed by atoms with Crippen LogP contribution in [0.1, 0.15) is 56.1 Å². The van der Waals surface area contributed by atoms with Crippen LogP contribution < -0.4 is 0 Å². The molecule has 0 saturated heterocycles. The van der Waals surface area contributed by atoms with Crippen LogP contribution >= 0.6 is 0 Å². The van der Waals surface area contributed by atoms with Gasteiger partial charge in [0.25, 0.3) is 0 Å². The zero-order valence-corrected chi connectivity index (χ0v) is 8.50. The van der Waals surface area contributed by atoms with Gasteiger partial charge in [0.1, 0.15) is 5.82 Å². The van der Waals surface area contributed by atoms with Gasteiger partial charge in [-0.25, -0.2) is 4.98 Å². The van der Waals surface area contributed by atoms with Crippen molar-refractivity contribution in [3.63, 3.8) is 0 Å². The van der Waals surface area contributed by atoms with E-state index in [1.807, 2.05) is 0 Å². The Morgan fingerprint density at radius 1 is 1.14 bits per heavy atom. The molecule has 1 heterocycles. The minimum Gasteiger partial charge on any atom is -0.263 e. The molecule has 0 aromatic carbocycles. The predicted molar refractivity (Wildman–Crippen MR) is 54.0 cm³/mol. The number of hydrogen-bond acceptors (Lipinski definition) is 2. The number of hydrogen-bond donors (Lipinski definition) is 1. The molecule has 0 amide bonds.